The van der Waals surface area contributed by atoms with E-state index in [-0.39, 0.29) is 30.0 Å². The first-order valence-corrected chi connectivity index (χ1v) is 8.82. The molecule has 0 unspecified atom stereocenters. The summed E-state index contributed by atoms with van der Waals surface area (Å²) in [5.41, 5.74) is -0.923. The molecule has 0 spiro atoms. The third-order valence-corrected chi connectivity index (χ3v) is 3.74. The van der Waals surface area contributed by atoms with Crippen LogP contribution in [0, 0.1) is 0 Å². The minimum absolute atomic E-state index is 0.116. The topological polar surface area (TPSA) is 88.4 Å². The van der Waals surface area contributed by atoms with E-state index in [1.54, 1.807) is 12.3 Å². The van der Waals surface area contributed by atoms with Crippen molar-refractivity contribution in [3.8, 4) is 0 Å². The summed E-state index contributed by atoms with van der Waals surface area (Å²) in [5.74, 6) is 0.853. The molecular weight excluding hydrogens is 401 g/mol. The van der Waals surface area contributed by atoms with Crippen molar-refractivity contribution in [3.05, 3.63) is 47.0 Å². The van der Waals surface area contributed by atoms with Gasteiger partial charge >= 0.3 is 12.2 Å². The molecule has 0 atom stereocenters. The predicted octanol–water partition coefficient (Wildman–Crippen LogP) is 3.66. The first kappa shape index (κ1) is 21.8. The number of amides is 2. The van der Waals surface area contributed by atoms with Crippen molar-refractivity contribution >= 4 is 23.4 Å². The fourth-order valence-corrected chi connectivity index (χ4v) is 2.32. The fourth-order valence-electron chi connectivity index (χ4n) is 2.09. The van der Waals surface area contributed by atoms with Gasteiger partial charge in [0.15, 0.2) is 0 Å². The van der Waals surface area contributed by atoms with E-state index in [4.69, 9.17) is 20.8 Å². The largest absolute Gasteiger partial charge is 0.467 e. The van der Waals surface area contributed by atoms with E-state index in [0.29, 0.717) is 32.4 Å². The van der Waals surface area contributed by atoms with Gasteiger partial charge in [-0.2, -0.15) is 13.2 Å². The molecule has 3 N–H and O–H groups in total. The highest BCUT2D eigenvalue weighted by Gasteiger charge is 2.31. The molecule has 154 valence electrons. The van der Waals surface area contributed by atoms with E-state index in [2.05, 4.69) is 20.9 Å². The van der Waals surface area contributed by atoms with E-state index < -0.39 is 11.7 Å². The Bertz CT molecular complexity index is 742. The van der Waals surface area contributed by atoms with Gasteiger partial charge in [0.25, 0.3) is 0 Å². The van der Waals surface area contributed by atoms with Crippen molar-refractivity contribution in [2.45, 2.75) is 19.2 Å². The van der Waals surface area contributed by atoms with E-state index in [1.807, 2.05) is 6.07 Å². The molecule has 2 aromatic rings. The Morgan fingerprint density at radius 2 is 2.04 bits per heavy atom. The lowest BCUT2D eigenvalue weighted by Gasteiger charge is -2.11. The van der Waals surface area contributed by atoms with Crippen LogP contribution in [0.25, 0.3) is 0 Å². The second kappa shape index (κ2) is 10.8. The Labute approximate surface area is 164 Å². The van der Waals surface area contributed by atoms with E-state index in [9.17, 15) is 18.0 Å². The molecule has 2 aromatic heterocycles. The number of rotatable bonds is 10. The van der Waals surface area contributed by atoms with Crippen molar-refractivity contribution < 1.29 is 27.1 Å². The van der Waals surface area contributed by atoms with Crippen LogP contribution >= 0.6 is 11.6 Å². The number of alkyl halides is 3. The van der Waals surface area contributed by atoms with Crippen LogP contribution < -0.4 is 16.0 Å². The summed E-state index contributed by atoms with van der Waals surface area (Å²) in [4.78, 5) is 15.3. The molecule has 0 aliphatic carbocycles. The SMILES string of the molecule is O=C(NCCCOCc1ccco1)NCCNc1ncc(C(F)(F)F)cc1Cl. The summed E-state index contributed by atoms with van der Waals surface area (Å²) in [6, 6.07) is 4.03. The van der Waals surface area contributed by atoms with Crippen LogP contribution in [0.5, 0.6) is 0 Å². The predicted molar refractivity (Wildman–Crippen MR) is 97.1 cm³/mol. The zero-order valence-corrected chi connectivity index (χ0v) is 15.6. The maximum atomic E-state index is 12.5. The minimum Gasteiger partial charge on any atom is -0.467 e. The van der Waals surface area contributed by atoms with Crippen LogP contribution in [-0.2, 0) is 17.5 Å². The normalized spacial score (nSPS) is 11.3. The lowest BCUT2D eigenvalue weighted by Crippen LogP contribution is -2.38. The molecule has 11 heteroatoms. The molecule has 0 radical (unpaired) electrons. The van der Waals surface area contributed by atoms with Crippen LogP contribution in [0.15, 0.2) is 35.1 Å². The Kier molecular flexibility index (Phi) is 8.40. The fraction of sp³-hybridized carbons (Fsp3) is 0.412. The van der Waals surface area contributed by atoms with Crippen molar-refractivity contribution in [3.63, 3.8) is 0 Å². The highest BCUT2D eigenvalue weighted by molar-refractivity contribution is 6.32. The number of nitrogens with one attached hydrogen (secondary N) is 3. The maximum absolute atomic E-state index is 12.5. The zero-order valence-electron chi connectivity index (χ0n) is 14.8. The number of furan rings is 1. The molecule has 0 bridgehead atoms. The summed E-state index contributed by atoms with van der Waals surface area (Å²) in [5, 5.41) is 7.88. The van der Waals surface area contributed by atoms with Crippen LogP contribution in [0.2, 0.25) is 5.02 Å². The molecule has 2 amide bonds. The molecule has 0 aliphatic rings. The second-order valence-corrected chi connectivity index (χ2v) is 6.05. The maximum Gasteiger partial charge on any atom is 0.417 e. The quantitative estimate of drug-likeness (QED) is 0.510. The van der Waals surface area contributed by atoms with Gasteiger partial charge in [0.05, 0.1) is 16.8 Å². The molecule has 0 saturated carbocycles. The monoisotopic (exact) mass is 420 g/mol. The van der Waals surface area contributed by atoms with Gasteiger partial charge in [-0.3, -0.25) is 0 Å². The van der Waals surface area contributed by atoms with Crippen LogP contribution in [0.3, 0.4) is 0 Å². The molecular formula is C17H20ClF3N4O3. The summed E-state index contributed by atoms with van der Waals surface area (Å²) in [6.45, 7) is 1.77. The Balaban J connectivity index is 1.53. The van der Waals surface area contributed by atoms with E-state index >= 15 is 0 Å². The van der Waals surface area contributed by atoms with Crippen LogP contribution in [0.1, 0.15) is 17.7 Å². The molecule has 2 rings (SSSR count). The number of hydrogen-bond donors (Lipinski definition) is 3. The van der Waals surface area contributed by atoms with Gasteiger partial charge in [-0.1, -0.05) is 11.6 Å². The highest BCUT2D eigenvalue weighted by Crippen LogP contribution is 2.32. The molecule has 0 aromatic carbocycles. The van der Waals surface area contributed by atoms with Crippen LogP contribution in [-0.4, -0.2) is 37.3 Å². The number of aromatic nitrogens is 1. The van der Waals surface area contributed by atoms with Crippen molar-refractivity contribution in [2.75, 3.05) is 31.6 Å². The lowest BCUT2D eigenvalue weighted by molar-refractivity contribution is -0.137. The van der Waals surface area contributed by atoms with Gasteiger partial charge in [0.2, 0.25) is 0 Å². The van der Waals surface area contributed by atoms with Gasteiger partial charge in [-0.05, 0) is 24.6 Å². The number of carbonyl (C=O) groups is 1. The third kappa shape index (κ3) is 7.65. The summed E-state index contributed by atoms with van der Waals surface area (Å²) >= 11 is 5.78. The molecule has 28 heavy (non-hydrogen) atoms. The smallest absolute Gasteiger partial charge is 0.417 e. The van der Waals surface area contributed by atoms with Gasteiger partial charge in [0, 0.05) is 32.4 Å². The molecule has 0 saturated heterocycles. The number of nitrogens with zero attached hydrogens (tertiary/aromatic N) is 1. The molecule has 7 nitrogen and oxygen atoms in total. The number of urea groups is 1. The van der Waals surface area contributed by atoms with E-state index in [1.165, 1.54) is 0 Å². The lowest BCUT2D eigenvalue weighted by atomic mass is 10.3. The van der Waals surface area contributed by atoms with Crippen LogP contribution in [0.4, 0.5) is 23.8 Å². The van der Waals surface area contributed by atoms with Gasteiger partial charge in [0.1, 0.15) is 18.2 Å². The first-order chi connectivity index (χ1) is 13.4. The van der Waals surface area contributed by atoms with Gasteiger partial charge < -0.3 is 25.1 Å². The van der Waals surface area contributed by atoms with Gasteiger partial charge in [-0.25, -0.2) is 9.78 Å². The average Bonchev–Trinajstić information content (AvgIpc) is 3.15. The van der Waals surface area contributed by atoms with E-state index in [0.717, 1.165) is 11.8 Å². The second-order valence-electron chi connectivity index (χ2n) is 5.65. The number of hydrogen-bond acceptors (Lipinski definition) is 5. The van der Waals surface area contributed by atoms with Crippen molar-refractivity contribution in [2.24, 2.45) is 0 Å². The molecule has 0 fully saturated rings. The number of halogens is 4. The zero-order chi connectivity index (χ0) is 20.4. The first-order valence-electron chi connectivity index (χ1n) is 8.44. The average molecular weight is 421 g/mol. The standard InChI is InChI=1S/C17H20ClF3N4O3/c18-14-9-12(17(19,20)21)10-25-15(14)22-5-6-24-16(26)23-4-2-7-27-11-13-3-1-8-28-13/h1,3,8-10H,2,4-7,11H2,(H,22,25)(H2,23,24,26). The minimum atomic E-state index is -4.50. The Hall–Kier alpha value is -2.46. The number of pyridine rings is 1. The summed E-state index contributed by atoms with van der Waals surface area (Å²) < 4.78 is 48.1. The Morgan fingerprint density at radius 1 is 1.25 bits per heavy atom. The molecule has 0 aliphatic heterocycles. The van der Waals surface area contributed by atoms with Gasteiger partial charge in [-0.15, -0.1) is 0 Å². The number of carbonyl (C=O) groups excluding carboxylic acids is 1. The summed E-state index contributed by atoms with van der Waals surface area (Å²) in [6.07, 6.45) is -1.60. The number of anilines is 1. The highest BCUT2D eigenvalue weighted by atomic mass is 35.5. The summed E-state index contributed by atoms with van der Waals surface area (Å²) in [7, 11) is 0. The molecule has 2 heterocycles. The van der Waals surface area contributed by atoms with Crippen molar-refractivity contribution in [1.82, 2.24) is 15.6 Å². The number of ether oxygens (including phenoxy) is 1. The van der Waals surface area contributed by atoms with Crippen molar-refractivity contribution in [1.29, 1.82) is 0 Å². The third-order valence-electron chi connectivity index (χ3n) is 3.45. The Morgan fingerprint density at radius 3 is 2.71 bits per heavy atom.